The topological polar surface area (TPSA) is 73.1 Å². The lowest BCUT2D eigenvalue weighted by molar-refractivity contribution is 0.411. The summed E-state index contributed by atoms with van der Waals surface area (Å²) >= 11 is 6.85. The maximum Gasteiger partial charge on any atom is 0.137 e. The lowest BCUT2D eigenvalue weighted by Crippen LogP contribution is -2.30. The molecule has 0 aromatic carbocycles. The minimum atomic E-state index is -0.273. The second-order valence-electron chi connectivity index (χ2n) is 3.78. The highest BCUT2D eigenvalue weighted by molar-refractivity contribution is 9.11. The zero-order valence-electron chi connectivity index (χ0n) is 10.1. The van der Waals surface area contributed by atoms with Crippen LogP contribution in [0, 0.1) is 0 Å². The molecule has 0 aliphatic rings. The molecule has 2 heterocycles. The van der Waals surface area contributed by atoms with E-state index in [-0.39, 0.29) is 6.04 Å². The number of hydrogen-bond acceptors (Lipinski definition) is 5. The lowest BCUT2D eigenvalue weighted by atomic mass is 10.1. The van der Waals surface area contributed by atoms with Crippen LogP contribution in [-0.2, 0) is 0 Å². The first-order chi connectivity index (χ1) is 9.15. The van der Waals surface area contributed by atoms with Gasteiger partial charge in [-0.2, -0.15) is 0 Å². The molecule has 19 heavy (non-hydrogen) atoms. The average molecular weight is 388 g/mol. The van der Waals surface area contributed by atoms with E-state index in [1.54, 1.807) is 25.7 Å². The van der Waals surface area contributed by atoms with Crippen LogP contribution in [0.25, 0.3) is 0 Å². The van der Waals surface area contributed by atoms with Crippen molar-refractivity contribution in [2.24, 2.45) is 5.84 Å². The third-order valence-corrected chi connectivity index (χ3v) is 3.65. The maximum atomic E-state index is 5.64. The number of ether oxygens (including phenoxy) is 1. The molecule has 1 unspecified atom stereocenters. The number of aromatic nitrogens is 2. The molecular formula is C12H12Br2N4O. The fourth-order valence-electron chi connectivity index (χ4n) is 1.68. The molecule has 100 valence electrons. The van der Waals surface area contributed by atoms with Gasteiger partial charge in [-0.05, 0) is 49.6 Å². The van der Waals surface area contributed by atoms with Crippen molar-refractivity contribution in [2.75, 3.05) is 7.11 Å². The van der Waals surface area contributed by atoms with E-state index in [1.165, 1.54) is 0 Å². The summed E-state index contributed by atoms with van der Waals surface area (Å²) in [6, 6.07) is 3.51. The maximum absolute atomic E-state index is 5.64. The third-order valence-electron chi connectivity index (χ3n) is 2.58. The van der Waals surface area contributed by atoms with Gasteiger partial charge in [-0.15, -0.1) is 0 Å². The van der Waals surface area contributed by atoms with E-state index in [0.29, 0.717) is 5.75 Å². The molecular weight excluding hydrogens is 376 g/mol. The van der Waals surface area contributed by atoms with Crippen LogP contribution in [-0.4, -0.2) is 17.1 Å². The van der Waals surface area contributed by atoms with Gasteiger partial charge in [-0.3, -0.25) is 15.8 Å². The molecule has 0 fully saturated rings. The Morgan fingerprint density at radius 1 is 1.26 bits per heavy atom. The van der Waals surface area contributed by atoms with Crippen molar-refractivity contribution in [3.05, 3.63) is 50.9 Å². The molecule has 0 saturated carbocycles. The van der Waals surface area contributed by atoms with E-state index < -0.39 is 0 Å². The predicted octanol–water partition coefficient (Wildman–Crippen LogP) is 2.56. The molecule has 0 aliphatic carbocycles. The highest BCUT2D eigenvalue weighted by atomic mass is 79.9. The highest BCUT2D eigenvalue weighted by Crippen LogP contribution is 2.29. The third kappa shape index (κ3) is 3.30. The summed E-state index contributed by atoms with van der Waals surface area (Å²) in [5, 5.41) is 0. The molecule has 7 heteroatoms. The fraction of sp³-hybridized carbons (Fsp3) is 0.167. The Morgan fingerprint density at radius 3 is 2.68 bits per heavy atom. The summed E-state index contributed by atoms with van der Waals surface area (Å²) in [7, 11) is 1.60. The van der Waals surface area contributed by atoms with Gasteiger partial charge in [0.25, 0.3) is 0 Å². The van der Waals surface area contributed by atoms with Gasteiger partial charge >= 0.3 is 0 Å². The summed E-state index contributed by atoms with van der Waals surface area (Å²) in [6.07, 6.45) is 5.09. The Bertz CT molecular complexity index is 579. The zero-order chi connectivity index (χ0) is 13.8. The van der Waals surface area contributed by atoms with Gasteiger partial charge in [0.05, 0.1) is 25.0 Å². The molecule has 0 saturated heterocycles. The van der Waals surface area contributed by atoms with E-state index in [9.17, 15) is 0 Å². The van der Waals surface area contributed by atoms with Crippen LogP contribution in [0.4, 0.5) is 0 Å². The molecule has 0 spiro atoms. The van der Waals surface area contributed by atoms with Gasteiger partial charge in [0.2, 0.25) is 0 Å². The van der Waals surface area contributed by atoms with E-state index in [1.807, 2.05) is 12.1 Å². The molecule has 2 rings (SSSR count). The van der Waals surface area contributed by atoms with Crippen molar-refractivity contribution < 1.29 is 4.74 Å². The van der Waals surface area contributed by atoms with Crippen LogP contribution >= 0.6 is 31.9 Å². The van der Waals surface area contributed by atoms with Gasteiger partial charge in [0.15, 0.2) is 0 Å². The number of rotatable bonds is 4. The van der Waals surface area contributed by atoms with Crippen LogP contribution in [0.3, 0.4) is 0 Å². The number of nitrogens with two attached hydrogens (primary N) is 1. The summed E-state index contributed by atoms with van der Waals surface area (Å²) in [6.45, 7) is 0. The Kier molecular flexibility index (Phi) is 4.87. The Morgan fingerprint density at radius 2 is 2.05 bits per heavy atom. The van der Waals surface area contributed by atoms with Crippen molar-refractivity contribution in [3.8, 4) is 5.75 Å². The quantitative estimate of drug-likeness (QED) is 0.623. The molecule has 2 aromatic heterocycles. The molecule has 0 aliphatic heterocycles. The normalized spacial score (nSPS) is 12.2. The van der Waals surface area contributed by atoms with Crippen LogP contribution in [0.5, 0.6) is 5.75 Å². The number of methoxy groups -OCH3 is 1. The van der Waals surface area contributed by atoms with Crippen LogP contribution < -0.4 is 16.0 Å². The molecule has 0 radical (unpaired) electrons. The van der Waals surface area contributed by atoms with Crippen LogP contribution in [0.1, 0.15) is 17.3 Å². The lowest BCUT2D eigenvalue weighted by Gasteiger charge is -2.17. The Hall–Kier alpha value is -1.02. The van der Waals surface area contributed by atoms with Crippen molar-refractivity contribution in [1.29, 1.82) is 0 Å². The molecule has 0 amide bonds. The number of pyridine rings is 2. The zero-order valence-corrected chi connectivity index (χ0v) is 13.3. The van der Waals surface area contributed by atoms with Crippen molar-refractivity contribution >= 4 is 31.9 Å². The largest absolute Gasteiger partial charge is 0.495 e. The molecule has 3 N–H and O–H groups in total. The number of nitrogens with zero attached hydrogens (tertiary/aromatic N) is 2. The van der Waals surface area contributed by atoms with E-state index in [4.69, 9.17) is 10.6 Å². The molecule has 1 atom stereocenters. The molecule has 0 bridgehead atoms. The SMILES string of the molecule is COc1cncc(C(NN)c2ncc(Br)cc2Br)c1. The Balaban J connectivity index is 2.43. The van der Waals surface area contributed by atoms with E-state index >= 15 is 0 Å². The van der Waals surface area contributed by atoms with Gasteiger partial charge in [0, 0.05) is 21.3 Å². The van der Waals surface area contributed by atoms with Gasteiger partial charge in [-0.25, -0.2) is 5.43 Å². The van der Waals surface area contributed by atoms with Crippen LogP contribution in [0.15, 0.2) is 39.7 Å². The number of hydrogen-bond donors (Lipinski definition) is 2. The van der Waals surface area contributed by atoms with Crippen LogP contribution in [0.2, 0.25) is 0 Å². The fourth-order valence-corrected chi connectivity index (χ4v) is 2.89. The Labute approximate surface area is 127 Å². The van der Waals surface area contributed by atoms with Crippen molar-refractivity contribution in [3.63, 3.8) is 0 Å². The van der Waals surface area contributed by atoms with E-state index in [0.717, 1.165) is 20.2 Å². The minimum absolute atomic E-state index is 0.273. The summed E-state index contributed by atoms with van der Waals surface area (Å²) in [4.78, 5) is 8.50. The average Bonchev–Trinajstić information content (AvgIpc) is 2.42. The van der Waals surface area contributed by atoms with Gasteiger partial charge in [-0.1, -0.05) is 0 Å². The van der Waals surface area contributed by atoms with Crippen molar-refractivity contribution in [1.82, 2.24) is 15.4 Å². The first-order valence-corrected chi connectivity index (χ1v) is 7.00. The summed E-state index contributed by atoms with van der Waals surface area (Å²) in [5.41, 5.74) is 4.39. The highest BCUT2D eigenvalue weighted by Gasteiger charge is 2.18. The second-order valence-corrected chi connectivity index (χ2v) is 5.55. The standard InChI is InChI=1S/C12H12Br2N4O/c1-19-9-2-7(4-16-6-9)11(18-15)12-10(14)3-8(13)5-17-12/h2-6,11,18H,15H2,1H3. The number of halogens is 2. The van der Waals surface area contributed by atoms with Gasteiger partial charge in [0.1, 0.15) is 5.75 Å². The first kappa shape index (κ1) is 14.4. The first-order valence-electron chi connectivity index (χ1n) is 5.41. The molecule has 5 nitrogen and oxygen atoms in total. The summed E-state index contributed by atoms with van der Waals surface area (Å²) in [5.74, 6) is 6.32. The number of nitrogens with one attached hydrogen (secondary N) is 1. The summed E-state index contributed by atoms with van der Waals surface area (Å²) < 4.78 is 6.91. The van der Waals surface area contributed by atoms with Gasteiger partial charge < -0.3 is 4.74 Å². The minimum Gasteiger partial charge on any atom is -0.495 e. The second kappa shape index (κ2) is 6.42. The smallest absolute Gasteiger partial charge is 0.137 e. The van der Waals surface area contributed by atoms with Crippen molar-refractivity contribution in [2.45, 2.75) is 6.04 Å². The van der Waals surface area contributed by atoms with E-state index in [2.05, 4.69) is 47.3 Å². The predicted molar refractivity (Wildman–Crippen MR) is 79.6 cm³/mol. The number of hydrazine groups is 1. The molecule has 2 aromatic rings. The monoisotopic (exact) mass is 386 g/mol.